The fourth-order valence-corrected chi connectivity index (χ4v) is 3.64. The van der Waals surface area contributed by atoms with Crippen LogP contribution in [0.1, 0.15) is 17.5 Å². The Hall–Kier alpha value is -2.34. The van der Waals surface area contributed by atoms with Crippen LogP contribution in [0.15, 0.2) is 53.4 Å². The highest BCUT2D eigenvalue weighted by Crippen LogP contribution is 2.16. The second-order valence-electron chi connectivity index (χ2n) is 6.31. The van der Waals surface area contributed by atoms with Gasteiger partial charge in [-0.15, -0.1) is 0 Å². The summed E-state index contributed by atoms with van der Waals surface area (Å²) in [6, 6.07) is 14.3. The molecule has 0 unspecified atom stereocenters. The number of carbonyl (C=O) groups excluding carboxylic acids is 1. The summed E-state index contributed by atoms with van der Waals surface area (Å²) in [5.74, 6) is 0.377. The van der Waals surface area contributed by atoms with Gasteiger partial charge in [0.1, 0.15) is 12.4 Å². The molecule has 0 fully saturated rings. The summed E-state index contributed by atoms with van der Waals surface area (Å²) >= 11 is 0. The van der Waals surface area contributed by atoms with Gasteiger partial charge in [0.25, 0.3) is 0 Å². The molecule has 2 rings (SSSR count). The lowest BCUT2D eigenvalue weighted by molar-refractivity contribution is -0.129. The average molecular weight is 375 g/mol. The first-order valence-corrected chi connectivity index (χ1v) is 10.2. The molecular formula is C20H25NO4S. The van der Waals surface area contributed by atoms with Gasteiger partial charge in [0, 0.05) is 13.5 Å². The quantitative estimate of drug-likeness (QED) is 0.711. The minimum Gasteiger partial charge on any atom is -0.491 e. The SMILES string of the molecule is Cc1ccc(S(=O)(=O)CCC(=O)N(C)CCOc2ccccc2C)cc1. The number of hydrogen-bond donors (Lipinski definition) is 0. The molecule has 140 valence electrons. The summed E-state index contributed by atoms with van der Waals surface area (Å²) in [6.07, 6.45) is -0.0446. The first kappa shape index (κ1) is 20.0. The Morgan fingerprint density at radius 1 is 1.04 bits per heavy atom. The second kappa shape index (κ2) is 8.85. The Balaban J connectivity index is 1.81. The molecule has 6 heteroatoms. The van der Waals surface area contributed by atoms with Crippen LogP contribution in [-0.4, -0.2) is 45.2 Å². The van der Waals surface area contributed by atoms with Gasteiger partial charge in [0.2, 0.25) is 5.91 Å². The van der Waals surface area contributed by atoms with E-state index < -0.39 is 9.84 Å². The minimum absolute atomic E-state index is 0.0446. The van der Waals surface area contributed by atoms with Crippen LogP contribution < -0.4 is 4.74 Å². The van der Waals surface area contributed by atoms with E-state index in [0.717, 1.165) is 16.9 Å². The van der Waals surface area contributed by atoms with Gasteiger partial charge in [-0.05, 0) is 37.6 Å². The van der Waals surface area contributed by atoms with E-state index in [1.54, 1.807) is 31.3 Å². The molecule has 0 N–H and O–H groups in total. The lowest BCUT2D eigenvalue weighted by Gasteiger charge is -2.18. The summed E-state index contributed by atoms with van der Waals surface area (Å²) in [5, 5.41) is 0. The largest absolute Gasteiger partial charge is 0.491 e. The maximum atomic E-state index is 12.3. The zero-order valence-electron chi connectivity index (χ0n) is 15.4. The van der Waals surface area contributed by atoms with Crippen molar-refractivity contribution < 1.29 is 17.9 Å². The molecule has 0 aliphatic carbocycles. The molecule has 0 spiro atoms. The smallest absolute Gasteiger partial charge is 0.223 e. The molecule has 26 heavy (non-hydrogen) atoms. The molecule has 0 heterocycles. The number of amides is 1. The summed E-state index contributed by atoms with van der Waals surface area (Å²) in [7, 11) is -1.80. The van der Waals surface area contributed by atoms with Crippen molar-refractivity contribution in [3.8, 4) is 5.75 Å². The van der Waals surface area contributed by atoms with Crippen LogP contribution in [0.4, 0.5) is 0 Å². The maximum absolute atomic E-state index is 12.3. The monoisotopic (exact) mass is 375 g/mol. The summed E-state index contributed by atoms with van der Waals surface area (Å²) in [5.41, 5.74) is 2.03. The Kier molecular flexibility index (Phi) is 6.80. The van der Waals surface area contributed by atoms with Gasteiger partial charge >= 0.3 is 0 Å². The number of ether oxygens (including phenoxy) is 1. The number of aryl methyl sites for hydroxylation is 2. The highest BCUT2D eigenvalue weighted by Gasteiger charge is 2.18. The lowest BCUT2D eigenvalue weighted by Crippen LogP contribution is -2.32. The summed E-state index contributed by atoms with van der Waals surface area (Å²) < 4.78 is 30.3. The third kappa shape index (κ3) is 5.59. The molecule has 2 aromatic rings. The lowest BCUT2D eigenvalue weighted by atomic mass is 10.2. The van der Waals surface area contributed by atoms with Gasteiger partial charge in [0.15, 0.2) is 9.84 Å². The maximum Gasteiger partial charge on any atom is 0.223 e. The van der Waals surface area contributed by atoms with Crippen molar-refractivity contribution in [3.63, 3.8) is 0 Å². The fraction of sp³-hybridized carbons (Fsp3) is 0.350. The zero-order chi connectivity index (χ0) is 19.2. The number of benzene rings is 2. The molecule has 0 aromatic heterocycles. The molecule has 0 saturated carbocycles. The third-order valence-electron chi connectivity index (χ3n) is 4.17. The predicted molar refractivity (Wildman–Crippen MR) is 102 cm³/mol. The van der Waals surface area contributed by atoms with Crippen molar-refractivity contribution in [2.24, 2.45) is 0 Å². The fourth-order valence-electron chi connectivity index (χ4n) is 2.41. The number of likely N-dealkylation sites (N-methyl/N-ethyl adjacent to an activating group) is 1. The van der Waals surface area contributed by atoms with Crippen LogP contribution in [0, 0.1) is 13.8 Å². The van der Waals surface area contributed by atoms with Crippen molar-refractivity contribution in [2.75, 3.05) is 26.0 Å². The number of rotatable bonds is 8. The highest BCUT2D eigenvalue weighted by atomic mass is 32.2. The molecule has 1 amide bonds. The summed E-state index contributed by atoms with van der Waals surface area (Å²) in [6.45, 7) is 4.61. The number of nitrogens with zero attached hydrogens (tertiary/aromatic N) is 1. The Morgan fingerprint density at radius 3 is 2.35 bits per heavy atom. The highest BCUT2D eigenvalue weighted by molar-refractivity contribution is 7.91. The van der Waals surface area contributed by atoms with Crippen LogP contribution in [-0.2, 0) is 14.6 Å². The van der Waals surface area contributed by atoms with Gasteiger partial charge in [0.05, 0.1) is 17.2 Å². The molecular weight excluding hydrogens is 350 g/mol. The number of carbonyl (C=O) groups is 1. The molecule has 0 bridgehead atoms. The van der Waals surface area contributed by atoms with Crippen LogP contribution >= 0.6 is 0 Å². The van der Waals surface area contributed by atoms with Crippen molar-refractivity contribution in [2.45, 2.75) is 25.2 Å². The van der Waals surface area contributed by atoms with Crippen LogP contribution in [0.25, 0.3) is 0 Å². The van der Waals surface area contributed by atoms with E-state index in [-0.39, 0.29) is 23.0 Å². The van der Waals surface area contributed by atoms with E-state index in [0.29, 0.717) is 13.2 Å². The van der Waals surface area contributed by atoms with E-state index in [4.69, 9.17) is 4.74 Å². The van der Waals surface area contributed by atoms with E-state index in [9.17, 15) is 13.2 Å². The second-order valence-corrected chi connectivity index (χ2v) is 8.42. The first-order chi connectivity index (χ1) is 12.3. The normalized spacial score (nSPS) is 11.2. The van der Waals surface area contributed by atoms with Gasteiger partial charge < -0.3 is 9.64 Å². The van der Waals surface area contributed by atoms with E-state index in [1.807, 2.05) is 38.1 Å². The van der Waals surface area contributed by atoms with Crippen LogP contribution in [0.3, 0.4) is 0 Å². The molecule has 0 atom stereocenters. The van der Waals surface area contributed by atoms with Crippen molar-refractivity contribution in [1.29, 1.82) is 0 Å². The number of hydrogen-bond acceptors (Lipinski definition) is 4. The van der Waals surface area contributed by atoms with E-state index >= 15 is 0 Å². The van der Waals surface area contributed by atoms with Gasteiger partial charge in [-0.1, -0.05) is 35.9 Å². The Labute approximate surface area is 155 Å². The molecule has 0 radical (unpaired) electrons. The standard InChI is InChI=1S/C20H25NO4S/c1-16-8-10-18(11-9-16)26(23,24)15-12-20(22)21(3)13-14-25-19-7-5-4-6-17(19)2/h4-11H,12-15H2,1-3H3. The van der Waals surface area contributed by atoms with E-state index in [1.165, 1.54) is 4.90 Å². The topological polar surface area (TPSA) is 63.7 Å². The third-order valence-corrected chi connectivity index (χ3v) is 5.90. The average Bonchev–Trinajstić information content (AvgIpc) is 2.61. The van der Waals surface area contributed by atoms with E-state index in [2.05, 4.69) is 0 Å². The van der Waals surface area contributed by atoms with Gasteiger partial charge in [-0.2, -0.15) is 0 Å². The van der Waals surface area contributed by atoms with Gasteiger partial charge in [-0.25, -0.2) is 8.42 Å². The van der Waals surface area contributed by atoms with Crippen molar-refractivity contribution >= 4 is 15.7 Å². The van der Waals surface area contributed by atoms with Crippen molar-refractivity contribution in [1.82, 2.24) is 4.90 Å². The number of sulfone groups is 1. The molecule has 0 saturated heterocycles. The molecule has 2 aromatic carbocycles. The molecule has 5 nitrogen and oxygen atoms in total. The van der Waals surface area contributed by atoms with Crippen molar-refractivity contribution in [3.05, 3.63) is 59.7 Å². The Bertz CT molecular complexity index is 844. The zero-order valence-corrected chi connectivity index (χ0v) is 16.3. The Morgan fingerprint density at radius 2 is 1.69 bits per heavy atom. The molecule has 0 aliphatic rings. The molecule has 0 aliphatic heterocycles. The number of para-hydroxylation sites is 1. The van der Waals surface area contributed by atoms with Crippen LogP contribution in [0.5, 0.6) is 5.75 Å². The first-order valence-electron chi connectivity index (χ1n) is 8.51. The minimum atomic E-state index is -3.45. The van der Waals surface area contributed by atoms with Gasteiger partial charge in [-0.3, -0.25) is 4.79 Å². The summed E-state index contributed by atoms with van der Waals surface area (Å²) in [4.78, 5) is 13.9. The predicted octanol–water partition coefficient (Wildman–Crippen LogP) is 3.00. The van der Waals surface area contributed by atoms with Crippen LogP contribution in [0.2, 0.25) is 0 Å².